The van der Waals surface area contributed by atoms with Crippen LogP contribution in [-0.4, -0.2) is 30.6 Å². The molecule has 17 heavy (non-hydrogen) atoms. The number of halogens is 1. The molecule has 2 heterocycles. The fourth-order valence-electron chi connectivity index (χ4n) is 2.26. The topological polar surface area (TPSA) is 15.3 Å². The van der Waals surface area contributed by atoms with Gasteiger partial charge >= 0.3 is 0 Å². The van der Waals surface area contributed by atoms with E-state index in [1.54, 1.807) is 11.3 Å². The van der Waals surface area contributed by atoms with Gasteiger partial charge in [0.2, 0.25) is 0 Å². The molecule has 1 unspecified atom stereocenters. The highest BCUT2D eigenvalue weighted by Crippen LogP contribution is 2.24. The summed E-state index contributed by atoms with van der Waals surface area (Å²) in [6, 6.07) is 2.61. The molecule has 4 heteroatoms. The van der Waals surface area contributed by atoms with Crippen molar-refractivity contribution in [2.75, 3.05) is 19.6 Å². The standard InChI is InChI=1S/C13H21ClN2S/c1-10(2)12-8-16(6-3-5-15-12)9-13-11(14)4-7-17-13/h4,7,10,12,15H,3,5-6,8-9H2,1-2H3. The highest BCUT2D eigenvalue weighted by atomic mass is 35.5. The Morgan fingerprint density at radius 2 is 2.41 bits per heavy atom. The fraction of sp³-hybridized carbons (Fsp3) is 0.692. The van der Waals surface area contributed by atoms with Crippen molar-refractivity contribution in [1.82, 2.24) is 10.2 Å². The normalized spacial score (nSPS) is 22.9. The van der Waals surface area contributed by atoms with E-state index in [4.69, 9.17) is 11.6 Å². The molecule has 0 aromatic carbocycles. The van der Waals surface area contributed by atoms with Gasteiger partial charge in [0, 0.05) is 24.0 Å². The predicted molar refractivity (Wildman–Crippen MR) is 75.9 cm³/mol. The van der Waals surface area contributed by atoms with Crippen LogP contribution < -0.4 is 5.32 Å². The minimum absolute atomic E-state index is 0.608. The highest BCUT2D eigenvalue weighted by Gasteiger charge is 2.20. The van der Waals surface area contributed by atoms with Crippen molar-refractivity contribution in [2.45, 2.75) is 32.9 Å². The Balaban J connectivity index is 1.97. The van der Waals surface area contributed by atoms with Gasteiger partial charge in [0.1, 0.15) is 0 Å². The van der Waals surface area contributed by atoms with Gasteiger partial charge in [0.15, 0.2) is 0 Å². The first kappa shape index (κ1) is 13.3. The van der Waals surface area contributed by atoms with Crippen LogP contribution in [0.5, 0.6) is 0 Å². The van der Waals surface area contributed by atoms with Crippen molar-refractivity contribution in [1.29, 1.82) is 0 Å². The minimum atomic E-state index is 0.608. The molecule has 1 saturated heterocycles. The van der Waals surface area contributed by atoms with Gasteiger partial charge in [-0.2, -0.15) is 0 Å². The van der Waals surface area contributed by atoms with E-state index >= 15 is 0 Å². The van der Waals surface area contributed by atoms with Crippen LogP contribution in [0.3, 0.4) is 0 Å². The Labute approximate surface area is 113 Å². The second-order valence-corrected chi connectivity index (χ2v) is 6.49. The Hall–Kier alpha value is -0.0900. The molecule has 1 N–H and O–H groups in total. The SMILES string of the molecule is CC(C)C1CN(Cc2sccc2Cl)CCCN1. The van der Waals surface area contributed by atoms with Crippen LogP contribution in [0.4, 0.5) is 0 Å². The average Bonchev–Trinajstić information content (AvgIpc) is 2.55. The van der Waals surface area contributed by atoms with Gasteiger partial charge < -0.3 is 5.32 Å². The molecular formula is C13H21ClN2S. The second kappa shape index (κ2) is 6.19. The average molecular weight is 273 g/mol. The fourth-order valence-corrected chi connectivity index (χ4v) is 3.39. The summed E-state index contributed by atoms with van der Waals surface area (Å²) < 4.78 is 0. The molecule has 1 atom stereocenters. The van der Waals surface area contributed by atoms with Crippen molar-refractivity contribution in [3.05, 3.63) is 21.3 Å². The first-order chi connectivity index (χ1) is 8.16. The molecule has 0 radical (unpaired) electrons. The number of rotatable bonds is 3. The lowest BCUT2D eigenvalue weighted by atomic mass is 10.0. The Kier molecular flexibility index (Phi) is 4.86. The molecule has 2 rings (SSSR count). The van der Waals surface area contributed by atoms with E-state index < -0.39 is 0 Å². The molecule has 0 amide bonds. The van der Waals surface area contributed by atoms with Crippen LogP contribution in [0.2, 0.25) is 5.02 Å². The molecule has 96 valence electrons. The zero-order chi connectivity index (χ0) is 12.3. The number of nitrogens with zero attached hydrogens (tertiary/aromatic N) is 1. The van der Waals surface area contributed by atoms with Gasteiger partial charge in [0.25, 0.3) is 0 Å². The van der Waals surface area contributed by atoms with E-state index in [9.17, 15) is 0 Å². The summed E-state index contributed by atoms with van der Waals surface area (Å²) in [5.74, 6) is 0.689. The molecule has 1 aromatic rings. The third kappa shape index (κ3) is 3.68. The lowest BCUT2D eigenvalue weighted by Crippen LogP contribution is -2.40. The third-order valence-corrected chi connectivity index (χ3v) is 4.75. The monoisotopic (exact) mass is 272 g/mol. The van der Waals surface area contributed by atoms with Crippen molar-refractivity contribution >= 4 is 22.9 Å². The molecule has 2 nitrogen and oxygen atoms in total. The van der Waals surface area contributed by atoms with E-state index in [2.05, 4.69) is 29.4 Å². The molecule has 0 bridgehead atoms. The molecule has 1 aliphatic rings. The summed E-state index contributed by atoms with van der Waals surface area (Å²) in [6.45, 7) is 9.02. The molecule has 0 aliphatic carbocycles. The van der Waals surface area contributed by atoms with Crippen LogP contribution in [0.15, 0.2) is 11.4 Å². The van der Waals surface area contributed by atoms with Crippen LogP contribution >= 0.6 is 22.9 Å². The largest absolute Gasteiger partial charge is 0.312 e. The summed E-state index contributed by atoms with van der Waals surface area (Å²) in [4.78, 5) is 3.83. The number of hydrogen-bond donors (Lipinski definition) is 1. The molecule has 0 spiro atoms. The van der Waals surface area contributed by atoms with E-state index in [0.717, 1.165) is 24.7 Å². The summed E-state index contributed by atoms with van der Waals surface area (Å²) >= 11 is 7.93. The van der Waals surface area contributed by atoms with Crippen LogP contribution in [0, 0.1) is 5.92 Å². The maximum Gasteiger partial charge on any atom is 0.0558 e. The smallest absolute Gasteiger partial charge is 0.0558 e. The Bertz CT molecular complexity index is 351. The van der Waals surface area contributed by atoms with E-state index in [1.165, 1.54) is 17.8 Å². The van der Waals surface area contributed by atoms with Gasteiger partial charge in [-0.25, -0.2) is 0 Å². The van der Waals surface area contributed by atoms with Gasteiger partial charge in [0.05, 0.1) is 5.02 Å². The number of thiophene rings is 1. The highest BCUT2D eigenvalue weighted by molar-refractivity contribution is 7.10. The summed E-state index contributed by atoms with van der Waals surface area (Å²) in [5, 5.41) is 6.64. The predicted octanol–water partition coefficient (Wildman–Crippen LogP) is 3.22. The van der Waals surface area contributed by atoms with Crippen molar-refractivity contribution in [2.24, 2.45) is 5.92 Å². The van der Waals surface area contributed by atoms with E-state index in [1.807, 2.05) is 6.07 Å². The number of nitrogens with one attached hydrogen (secondary N) is 1. The first-order valence-electron chi connectivity index (χ1n) is 6.34. The summed E-state index contributed by atoms with van der Waals surface area (Å²) in [7, 11) is 0. The van der Waals surface area contributed by atoms with Gasteiger partial charge in [-0.15, -0.1) is 11.3 Å². The zero-order valence-electron chi connectivity index (χ0n) is 10.6. The molecule has 1 aliphatic heterocycles. The molecule has 0 saturated carbocycles. The molecule has 1 fully saturated rings. The summed E-state index contributed by atoms with van der Waals surface area (Å²) in [5.41, 5.74) is 0. The third-order valence-electron chi connectivity index (χ3n) is 3.38. The Morgan fingerprint density at radius 1 is 1.59 bits per heavy atom. The first-order valence-corrected chi connectivity index (χ1v) is 7.60. The summed E-state index contributed by atoms with van der Waals surface area (Å²) in [6.07, 6.45) is 1.23. The van der Waals surface area contributed by atoms with Crippen LogP contribution in [-0.2, 0) is 6.54 Å². The minimum Gasteiger partial charge on any atom is -0.312 e. The van der Waals surface area contributed by atoms with Crippen LogP contribution in [0.1, 0.15) is 25.1 Å². The van der Waals surface area contributed by atoms with Crippen molar-refractivity contribution in [3.8, 4) is 0 Å². The maximum absolute atomic E-state index is 6.17. The number of hydrogen-bond acceptors (Lipinski definition) is 3. The Morgan fingerprint density at radius 3 is 3.06 bits per heavy atom. The second-order valence-electron chi connectivity index (χ2n) is 5.09. The zero-order valence-corrected chi connectivity index (χ0v) is 12.2. The quantitative estimate of drug-likeness (QED) is 0.909. The van der Waals surface area contributed by atoms with E-state index in [-0.39, 0.29) is 0 Å². The lowest BCUT2D eigenvalue weighted by molar-refractivity contribution is 0.240. The van der Waals surface area contributed by atoms with Crippen LogP contribution in [0.25, 0.3) is 0 Å². The van der Waals surface area contributed by atoms with Gasteiger partial charge in [-0.3, -0.25) is 4.90 Å². The molecular weight excluding hydrogens is 252 g/mol. The van der Waals surface area contributed by atoms with Crippen molar-refractivity contribution in [3.63, 3.8) is 0 Å². The molecule has 1 aromatic heterocycles. The lowest BCUT2D eigenvalue weighted by Gasteiger charge is -2.26. The van der Waals surface area contributed by atoms with Crippen molar-refractivity contribution < 1.29 is 0 Å². The maximum atomic E-state index is 6.17. The van der Waals surface area contributed by atoms with Gasteiger partial charge in [-0.05, 0) is 36.9 Å². The van der Waals surface area contributed by atoms with E-state index in [0.29, 0.717) is 12.0 Å². The van der Waals surface area contributed by atoms with Gasteiger partial charge in [-0.1, -0.05) is 25.4 Å².